The maximum Gasteiger partial charge on any atom is 0.320 e. The highest BCUT2D eigenvalue weighted by atomic mass is 16.3. The van der Waals surface area contributed by atoms with Crippen LogP contribution in [0, 0.1) is 6.92 Å². The van der Waals surface area contributed by atoms with Crippen molar-refractivity contribution >= 4 is 22.6 Å². The van der Waals surface area contributed by atoms with Gasteiger partial charge in [0.2, 0.25) is 0 Å². The first-order valence-corrected chi connectivity index (χ1v) is 8.26. The number of pyridine rings is 1. The van der Waals surface area contributed by atoms with E-state index in [9.17, 15) is 9.90 Å². The maximum absolute atomic E-state index is 11.7. The van der Waals surface area contributed by atoms with E-state index >= 15 is 0 Å². The molecule has 0 atom stereocenters. The molecular weight excluding hydrogens is 314 g/mol. The molecule has 2 amide bonds. The monoisotopic (exact) mass is 335 g/mol. The van der Waals surface area contributed by atoms with Crippen LogP contribution in [0.2, 0.25) is 0 Å². The second kappa shape index (κ2) is 7.32. The summed E-state index contributed by atoms with van der Waals surface area (Å²) >= 11 is 0. The number of nitrogens with one attached hydrogen (secondary N) is 2. The molecule has 0 aliphatic rings. The van der Waals surface area contributed by atoms with Crippen molar-refractivity contribution in [3.05, 3.63) is 59.8 Å². The van der Waals surface area contributed by atoms with Gasteiger partial charge in [-0.2, -0.15) is 0 Å². The first-order chi connectivity index (χ1) is 12.1. The van der Waals surface area contributed by atoms with Gasteiger partial charge in [-0.05, 0) is 59.7 Å². The lowest BCUT2D eigenvalue weighted by molar-refractivity contribution is 0.252. The van der Waals surface area contributed by atoms with Gasteiger partial charge in [0, 0.05) is 18.1 Å². The molecule has 0 aliphatic heterocycles. The molecule has 1 aromatic heterocycles. The van der Waals surface area contributed by atoms with E-state index in [0.29, 0.717) is 12.4 Å². The van der Waals surface area contributed by atoms with Crippen LogP contribution in [0.5, 0.6) is 0 Å². The quantitative estimate of drug-likeness (QED) is 0.678. The van der Waals surface area contributed by atoms with Gasteiger partial charge in [0.05, 0.1) is 6.61 Å². The molecule has 5 heteroatoms. The molecule has 0 radical (unpaired) electrons. The van der Waals surface area contributed by atoms with Crippen LogP contribution in [0.4, 0.5) is 10.6 Å². The predicted molar refractivity (Wildman–Crippen MR) is 101 cm³/mol. The number of anilines is 1. The first kappa shape index (κ1) is 16.9. The Morgan fingerprint density at radius 2 is 2.00 bits per heavy atom. The molecule has 3 rings (SSSR count). The highest BCUT2D eigenvalue weighted by Crippen LogP contribution is 2.29. The van der Waals surface area contributed by atoms with Crippen LogP contribution in [-0.4, -0.2) is 22.7 Å². The number of hydrogen-bond acceptors (Lipinski definition) is 3. The molecule has 3 N–H and O–H groups in total. The number of benzene rings is 2. The van der Waals surface area contributed by atoms with Crippen LogP contribution in [0.1, 0.15) is 18.1 Å². The molecule has 0 fully saturated rings. The van der Waals surface area contributed by atoms with Crippen LogP contribution in [0.25, 0.3) is 21.9 Å². The Kier molecular flexibility index (Phi) is 4.95. The van der Waals surface area contributed by atoms with Crippen molar-refractivity contribution in [1.29, 1.82) is 0 Å². The molecule has 0 saturated heterocycles. The molecular formula is C20H21N3O2. The van der Waals surface area contributed by atoms with Crippen molar-refractivity contribution in [1.82, 2.24) is 10.3 Å². The zero-order chi connectivity index (χ0) is 17.8. The van der Waals surface area contributed by atoms with E-state index in [1.54, 1.807) is 6.20 Å². The number of aromatic nitrogens is 1. The summed E-state index contributed by atoms with van der Waals surface area (Å²) in [5.74, 6) is 0.513. The molecule has 0 saturated carbocycles. The number of carbonyl (C=O) groups excluding carboxylic acids is 1. The Bertz CT molecular complexity index is 922. The molecule has 2 aromatic carbocycles. The summed E-state index contributed by atoms with van der Waals surface area (Å²) < 4.78 is 0. The van der Waals surface area contributed by atoms with Gasteiger partial charge >= 0.3 is 6.03 Å². The minimum atomic E-state index is -0.266. The molecule has 1 heterocycles. The fourth-order valence-electron chi connectivity index (χ4n) is 2.85. The van der Waals surface area contributed by atoms with E-state index in [1.807, 2.05) is 44.2 Å². The minimum absolute atomic E-state index is 0.0188. The van der Waals surface area contributed by atoms with Gasteiger partial charge in [-0.15, -0.1) is 0 Å². The van der Waals surface area contributed by atoms with Crippen molar-refractivity contribution in [3.8, 4) is 11.1 Å². The number of nitrogens with zero attached hydrogens (tertiary/aromatic N) is 1. The van der Waals surface area contributed by atoms with Crippen LogP contribution in [-0.2, 0) is 6.61 Å². The number of amides is 2. The van der Waals surface area contributed by atoms with Crippen molar-refractivity contribution < 1.29 is 9.90 Å². The van der Waals surface area contributed by atoms with E-state index in [1.165, 1.54) is 0 Å². The summed E-state index contributed by atoms with van der Waals surface area (Å²) in [5.41, 5.74) is 4.10. The molecule has 0 aliphatic carbocycles. The Labute approximate surface area is 146 Å². The van der Waals surface area contributed by atoms with E-state index < -0.39 is 0 Å². The van der Waals surface area contributed by atoms with Gasteiger partial charge in [-0.25, -0.2) is 9.78 Å². The Morgan fingerprint density at radius 3 is 2.76 bits per heavy atom. The molecule has 3 aromatic rings. The number of urea groups is 1. The third-order valence-corrected chi connectivity index (χ3v) is 4.07. The topological polar surface area (TPSA) is 74.2 Å². The summed E-state index contributed by atoms with van der Waals surface area (Å²) in [6.07, 6.45) is 1.78. The average molecular weight is 335 g/mol. The van der Waals surface area contributed by atoms with E-state index in [4.69, 9.17) is 0 Å². The Balaban J connectivity index is 2.02. The summed E-state index contributed by atoms with van der Waals surface area (Å²) in [7, 11) is 0. The fourth-order valence-corrected chi connectivity index (χ4v) is 2.85. The number of aryl methyl sites for hydroxylation is 1. The molecule has 0 unspecified atom stereocenters. The largest absolute Gasteiger partial charge is 0.392 e. The fraction of sp³-hybridized carbons (Fsp3) is 0.200. The third kappa shape index (κ3) is 3.78. The highest BCUT2D eigenvalue weighted by Gasteiger charge is 2.07. The lowest BCUT2D eigenvalue weighted by atomic mass is 9.97. The molecule has 5 nitrogen and oxygen atoms in total. The second-order valence-electron chi connectivity index (χ2n) is 5.93. The van der Waals surface area contributed by atoms with Crippen LogP contribution in [0.3, 0.4) is 0 Å². The van der Waals surface area contributed by atoms with Gasteiger partial charge in [-0.3, -0.25) is 5.32 Å². The summed E-state index contributed by atoms with van der Waals surface area (Å²) in [6.45, 7) is 4.48. The lowest BCUT2D eigenvalue weighted by Crippen LogP contribution is -2.28. The number of aliphatic hydroxyl groups is 1. The number of fused-ring (bicyclic) bond motifs is 1. The number of hydrogen-bond donors (Lipinski definition) is 3. The normalized spacial score (nSPS) is 10.7. The zero-order valence-corrected chi connectivity index (χ0v) is 14.3. The first-order valence-electron chi connectivity index (χ1n) is 8.26. The molecule has 128 valence electrons. The average Bonchev–Trinajstić information content (AvgIpc) is 2.61. The molecule has 25 heavy (non-hydrogen) atoms. The van der Waals surface area contributed by atoms with E-state index in [2.05, 4.69) is 27.8 Å². The zero-order valence-electron chi connectivity index (χ0n) is 14.3. The number of rotatable bonds is 4. The van der Waals surface area contributed by atoms with Gasteiger partial charge < -0.3 is 10.4 Å². The smallest absolute Gasteiger partial charge is 0.320 e. The molecule has 0 spiro atoms. The number of aliphatic hydroxyl groups excluding tert-OH is 1. The Hall–Kier alpha value is -2.92. The second-order valence-corrected chi connectivity index (χ2v) is 5.93. The number of carbonyl (C=O) groups is 1. The van der Waals surface area contributed by atoms with Crippen molar-refractivity contribution in [2.45, 2.75) is 20.5 Å². The van der Waals surface area contributed by atoms with Gasteiger partial charge in [0.1, 0.15) is 5.82 Å². The summed E-state index contributed by atoms with van der Waals surface area (Å²) in [5, 5.41) is 16.8. The standard InChI is InChI=1S/C20H21N3O2/c1-3-21-20(25)23-19-10-17-9-16(7-13(2)18(17)11-22-19)15-6-4-5-14(8-15)12-24/h4-11,24H,3,12H2,1-2H3,(H2,21,22,23,25). The van der Waals surface area contributed by atoms with E-state index in [-0.39, 0.29) is 12.6 Å². The van der Waals surface area contributed by atoms with Crippen LogP contribution < -0.4 is 10.6 Å². The predicted octanol–water partition coefficient (Wildman–Crippen LogP) is 3.84. The minimum Gasteiger partial charge on any atom is -0.392 e. The van der Waals surface area contributed by atoms with Crippen LogP contribution in [0.15, 0.2) is 48.7 Å². The van der Waals surface area contributed by atoms with E-state index in [0.717, 1.165) is 33.0 Å². The third-order valence-electron chi connectivity index (χ3n) is 4.07. The van der Waals surface area contributed by atoms with Gasteiger partial charge in [0.25, 0.3) is 0 Å². The summed E-state index contributed by atoms with van der Waals surface area (Å²) in [6, 6.07) is 13.6. The molecule has 0 bridgehead atoms. The Morgan fingerprint density at radius 1 is 1.16 bits per heavy atom. The van der Waals surface area contributed by atoms with Gasteiger partial charge in [-0.1, -0.05) is 24.3 Å². The lowest BCUT2D eigenvalue weighted by Gasteiger charge is -2.10. The van der Waals surface area contributed by atoms with Crippen molar-refractivity contribution in [2.24, 2.45) is 0 Å². The maximum atomic E-state index is 11.7. The SMILES string of the molecule is CCNC(=O)Nc1cc2cc(-c3cccc(CO)c3)cc(C)c2cn1. The van der Waals surface area contributed by atoms with Crippen molar-refractivity contribution in [2.75, 3.05) is 11.9 Å². The van der Waals surface area contributed by atoms with Crippen molar-refractivity contribution in [3.63, 3.8) is 0 Å². The van der Waals surface area contributed by atoms with Crippen LogP contribution >= 0.6 is 0 Å². The summed E-state index contributed by atoms with van der Waals surface area (Å²) in [4.78, 5) is 16.0. The van der Waals surface area contributed by atoms with Gasteiger partial charge in [0.15, 0.2) is 0 Å². The highest BCUT2D eigenvalue weighted by molar-refractivity contribution is 5.94.